The molecular weight excluding hydrogens is 504 g/mol. The average Bonchev–Trinajstić information content (AvgIpc) is 3.19. The number of hydrogen-bond acceptors (Lipinski definition) is 7. The van der Waals surface area contributed by atoms with Crippen LogP contribution in [0.15, 0.2) is 12.2 Å². The van der Waals surface area contributed by atoms with E-state index in [1.54, 1.807) is 20.8 Å². The van der Waals surface area contributed by atoms with Crippen molar-refractivity contribution in [2.45, 2.75) is 85.6 Å². The first kappa shape index (κ1) is 33.7. The lowest BCUT2D eigenvalue weighted by molar-refractivity contribution is -0.137. The number of imide groups is 1. The van der Waals surface area contributed by atoms with Gasteiger partial charge in [0.05, 0.1) is 12.6 Å². The van der Waals surface area contributed by atoms with Gasteiger partial charge in [-0.1, -0.05) is 41.0 Å². The van der Waals surface area contributed by atoms with Gasteiger partial charge in [-0.3, -0.25) is 38.5 Å². The van der Waals surface area contributed by atoms with Crippen LogP contribution in [0, 0.1) is 17.8 Å². The van der Waals surface area contributed by atoms with Crippen molar-refractivity contribution in [2.75, 3.05) is 19.6 Å². The van der Waals surface area contributed by atoms with Crippen molar-refractivity contribution < 1.29 is 33.6 Å². The number of amides is 5. The molecule has 3 N–H and O–H groups in total. The van der Waals surface area contributed by atoms with Crippen LogP contribution in [-0.2, 0) is 33.6 Å². The molecule has 39 heavy (non-hydrogen) atoms. The third-order valence-corrected chi connectivity index (χ3v) is 6.27. The maximum atomic E-state index is 12.8. The highest BCUT2D eigenvalue weighted by Gasteiger charge is 2.27. The van der Waals surface area contributed by atoms with E-state index < -0.39 is 17.9 Å². The summed E-state index contributed by atoms with van der Waals surface area (Å²) < 4.78 is 0. The Balaban J connectivity index is 2.28. The summed E-state index contributed by atoms with van der Waals surface area (Å²) in [6.07, 6.45) is 4.27. The Bertz CT molecular complexity index is 924. The van der Waals surface area contributed by atoms with Crippen molar-refractivity contribution >= 4 is 41.1 Å². The highest BCUT2D eigenvalue weighted by Crippen LogP contribution is 2.12. The van der Waals surface area contributed by atoms with Crippen molar-refractivity contribution in [3.05, 3.63) is 12.2 Å². The highest BCUT2D eigenvalue weighted by molar-refractivity contribution is 6.12. The Morgan fingerprint density at radius 1 is 0.795 bits per heavy atom. The lowest BCUT2D eigenvalue weighted by Crippen LogP contribution is -2.46. The van der Waals surface area contributed by atoms with Gasteiger partial charge in [0.1, 0.15) is 0 Å². The maximum Gasteiger partial charge on any atom is 0.253 e. The molecule has 0 aliphatic carbocycles. The molecule has 0 saturated heterocycles. The molecule has 0 aromatic rings. The molecule has 0 radical (unpaired) electrons. The minimum absolute atomic E-state index is 0.00370. The molecule has 0 bridgehead atoms. The lowest BCUT2D eigenvalue weighted by Gasteiger charge is -2.23. The van der Waals surface area contributed by atoms with E-state index in [2.05, 4.69) is 16.0 Å². The van der Waals surface area contributed by atoms with Crippen molar-refractivity contribution in [1.29, 1.82) is 0 Å². The summed E-state index contributed by atoms with van der Waals surface area (Å²) in [7, 11) is 0. The standard InChI is InChI=1S/C28H44N4O7/c1-18(2)16-30-28(39)20(5)15-22(34)27(19(3)4)31-24(36)11-10-21(33)17-29-23(35)9-7-6-8-14-32-25(37)12-13-26(32)38/h12-13,18-20,27H,6-11,14-17H2,1-5H3,(H,29,35)(H,30,39)(H,31,36)/t20-,27+/m1/s1. The second-order valence-corrected chi connectivity index (χ2v) is 10.8. The number of rotatable bonds is 19. The summed E-state index contributed by atoms with van der Waals surface area (Å²) in [5.41, 5.74) is 0. The molecular formula is C28H44N4O7. The van der Waals surface area contributed by atoms with Crippen LogP contribution >= 0.6 is 0 Å². The van der Waals surface area contributed by atoms with Crippen molar-refractivity contribution in [3.63, 3.8) is 0 Å². The molecule has 5 amide bonds. The van der Waals surface area contributed by atoms with Gasteiger partial charge in [0, 0.05) is 56.8 Å². The Hall–Kier alpha value is -3.37. The first-order chi connectivity index (χ1) is 18.3. The van der Waals surface area contributed by atoms with Crippen molar-refractivity contribution in [3.8, 4) is 0 Å². The Labute approximate surface area is 230 Å². The maximum absolute atomic E-state index is 12.8. The van der Waals surface area contributed by atoms with Gasteiger partial charge in [0.15, 0.2) is 11.6 Å². The second kappa shape index (κ2) is 17.3. The summed E-state index contributed by atoms with van der Waals surface area (Å²) in [5, 5.41) is 8.03. The summed E-state index contributed by atoms with van der Waals surface area (Å²) in [5.74, 6) is -2.54. The molecule has 1 heterocycles. The highest BCUT2D eigenvalue weighted by atomic mass is 16.2. The largest absolute Gasteiger partial charge is 0.356 e. The van der Waals surface area contributed by atoms with Crippen LogP contribution in [0.3, 0.4) is 0 Å². The predicted molar refractivity (Wildman–Crippen MR) is 145 cm³/mol. The average molecular weight is 549 g/mol. The molecule has 0 aromatic carbocycles. The minimum atomic E-state index is -0.759. The minimum Gasteiger partial charge on any atom is -0.356 e. The quantitative estimate of drug-likeness (QED) is 0.163. The fourth-order valence-electron chi connectivity index (χ4n) is 3.88. The number of nitrogens with zero attached hydrogens (tertiary/aromatic N) is 1. The molecule has 0 fully saturated rings. The van der Waals surface area contributed by atoms with E-state index in [0.717, 1.165) is 4.90 Å². The number of carbonyl (C=O) groups is 7. The van der Waals surface area contributed by atoms with Gasteiger partial charge in [-0.05, 0) is 24.7 Å². The van der Waals surface area contributed by atoms with Crippen LogP contribution in [0.4, 0.5) is 0 Å². The summed E-state index contributed by atoms with van der Waals surface area (Å²) in [6, 6.07) is -0.759. The lowest BCUT2D eigenvalue weighted by atomic mass is 9.92. The number of carbonyl (C=O) groups excluding carboxylic acids is 7. The van der Waals surface area contributed by atoms with Crippen molar-refractivity contribution in [1.82, 2.24) is 20.9 Å². The molecule has 0 saturated carbocycles. The summed E-state index contributed by atoms with van der Waals surface area (Å²) in [6.45, 7) is 9.88. The van der Waals surface area contributed by atoms with Crippen LogP contribution in [0.25, 0.3) is 0 Å². The van der Waals surface area contributed by atoms with Gasteiger partial charge in [0.2, 0.25) is 17.7 Å². The molecule has 2 atom stereocenters. The van der Waals surface area contributed by atoms with Gasteiger partial charge >= 0.3 is 0 Å². The van der Waals surface area contributed by atoms with E-state index in [1.165, 1.54) is 12.2 Å². The van der Waals surface area contributed by atoms with Crippen LogP contribution in [-0.4, -0.2) is 71.7 Å². The van der Waals surface area contributed by atoms with Crippen LogP contribution < -0.4 is 16.0 Å². The second-order valence-electron chi connectivity index (χ2n) is 10.8. The molecule has 218 valence electrons. The number of ketones is 2. The zero-order valence-electron chi connectivity index (χ0n) is 23.8. The first-order valence-corrected chi connectivity index (χ1v) is 13.7. The van der Waals surface area contributed by atoms with Crippen LogP contribution in [0.2, 0.25) is 0 Å². The normalized spacial score (nSPS) is 14.5. The zero-order valence-corrected chi connectivity index (χ0v) is 23.8. The third kappa shape index (κ3) is 13.3. The fourth-order valence-corrected chi connectivity index (χ4v) is 3.88. The van der Waals surface area contributed by atoms with E-state index >= 15 is 0 Å². The fraction of sp³-hybridized carbons (Fsp3) is 0.679. The monoisotopic (exact) mass is 548 g/mol. The van der Waals surface area contributed by atoms with Crippen molar-refractivity contribution in [2.24, 2.45) is 17.8 Å². The van der Waals surface area contributed by atoms with Gasteiger partial charge < -0.3 is 16.0 Å². The van der Waals surface area contributed by atoms with Crippen LogP contribution in [0.1, 0.15) is 79.6 Å². The summed E-state index contributed by atoms with van der Waals surface area (Å²) in [4.78, 5) is 85.6. The Morgan fingerprint density at radius 3 is 2.03 bits per heavy atom. The third-order valence-electron chi connectivity index (χ3n) is 6.27. The molecule has 0 aromatic heterocycles. The first-order valence-electron chi connectivity index (χ1n) is 13.7. The number of Topliss-reactive ketones (excluding diaryl/α,β-unsaturated/α-hetero) is 2. The Morgan fingerprint density at radius 2 is 1.44 bits per heavy atom. The topological polar surface area (TPSA) is 159 Å². The van der Waals surface area contributed by atoms with Gasteiger partial charge in [-0.25, -0.2) is 0 Å². The van der Waals surface area contributed by atoms with E-state index in [4.69, 9.17) is 0 Å². The Kier molecular flexibility index (Phi) is 14.9. The smallest absolute Gasteiger partial charge is 0.253 e. The number of nitrogens with one attached hydrogen (secondary N) is 3. The summed E-state index contributed by atoms with van der Waals surface area (Å²) >= 11 is 0. The SMILES string of the molecule is CC(C)CNC(=O)[C@H](C)CC(=O)[C@@H](NC(=O)CCC(=O)CNC(=O)CCCCCN1C(=O)C=CC1=O)C(C)C. The van der Waals surface area contributed by atoms with Gasteiger partial charge in [0.25, 0.3) is 11.8 Å². The zero-order chi connectivity index (χ0) is 29.5. The van der Waals surface area contributed by atoms with E-state index in [1.807, 2.05) is 13.8 Å². The number of unbranched alkanes of at least 4 members (excludes halogenated alkanes) is 2. The molecule has 11 heteroatoms. The van der Waals surface area contributed by atoms with Gasteiger partial charge in [-0.2, -0.15) is 0 Å². The molecule has 1 aliphatic heterocycles. The molecule has 11 nitrogen and oxygen atoms in total. The van der Waals surface area contributed by atoms with E-state index in [9.17, 15) is 33.6 Å². The molecule has 1 rings (SSSR count). The molecule has 0 unspecified atom stereocenters. The molecule has 1 aliphatic rings. The number of hydrogen-bond donors (Lipinski definition) is 3. The van der Waals surface area contributed by atoms with Crippen LogP contribution in [0.5, 0.6) is 0 Å². The van der Waals surface area contributed by atoms with Gasteiger partial charge in [-0.15, -0.1) is 0 Å². The predicted octanol–water partition coefficient (Wildman–Crippen LogP) is 1.45. The van der Waals surface area contributed by atoms with E-state index in [-0.39, 0.29) is 73.3 Å². The van der Waals surface area contributed by atoms with E-state index in [0.29, 0.717) is 38.3 Å². The molecule has 0 spiro atoms.